The normalized spacial score (nSPS) is 20.8. The number of aromatic nitrogens is 2. The van der Waals surface area contributed by atoms with E-state index in [2.05, 4.69) is 20.0 Å². The van der Waals surface area contributed by atoms with Crippen molar-refractivity contribution in [2.45, 2.75) is 62.0 Å². The number of hydrogen-bond acceptors (Lipinski definition) is 7. The molecule has 3 heterocycles. The van der Waals surface area contributed by atoms with Gasteiger partial charge in [-0.1, -0.05) is 22.9 Å². The lowest BCUT2D eigenvalue weighted by atomic mass is 9.87. The Balaban J connectivity index is 1.51. The van der Waals surface area contributed by atoms with E-state index in [9.17, 15) is 31.2 Å². The summed E-state index contributed by atoms with van der Waals surface area (Å²) < 4.78 is 67.5. The van der Waals surface area contributed by atoms with Crippen LogP contribution in [0.25, 0.3) is 10.4 Å². The van der Waals surface area contributed by atoms with Gasteiger partial charge in [0.05, 0.1) is 15.8 Å². The third-order valence-electron chi connectivity index (χ3n) is 6.36. The summed E-state index contributed by atoms with van der Waals surface area (Å²) in [6, 6.07) is 0.257. The summed E-state index contributed by atoms with van der Waals surface area (Å²) in [4.78, 5) is 34.3. The number of primary amides is 1. The second-order valence-electron chi connectivity index (χ2n) is 9.49. The highest BCUT2D eigenvalue weighted by molar-refractivity contribution is 7.90. The largest absolute Gasteiger partial charge is 0.399 e. The minimum absolute atomic E-state index is 0.0212. The minimum atomic E-state index is -4.54. The summed E-state index contributed by atoms with van der Waals surface area (Å²) in [5.74, 6) is -0.794. The summed E-state index contributed by atoms with van der Waals surface area (Å²) in [5.41, 5.74) is 3.34. The Morgan fingerprint density at radius 3 is 2.54 bits per heavy atom. The first-order valence-electron chi connectivity index (χ1n) is 11.2. The topological polar surface area (TPSA) is 147 Å². The molecule has 1 aliphatic heterocycles. The van der Waals surface area contributed by atoms with Crippen molar-refractivity contribution in [1.82, 2.24) is 19.6 Å². The number of hydrogen-bond donors (Lipinski definition) is 3. The van der Waals surface area contributed by atoms with E-state index in [1.165, 1.54) is 18.3 Å². The molecule has 2 aromatic heterocycles. The Labute approximate surface area is 219 Å². The molecule has 3 amide bonds. The molecule has 1 saturated heterocycles. The van der Waals surface area contributed by atoms with Crippen LogP contribution in [0.3, 0.4) is 0 Å². The van der Waals surface area contributed by atoms with E-state index in [0.29, 0.717) is 23.3 Å². The average Bonchev–Trinajstić information content (AvgIpc) is 3.49. The molecule has 202 valence electrons. The van der Waals surface area contributed by atoms with E-state index in [1.807, 2.05) is 0 Å². The van der Waals surface area contributed by atoms with Gasteiger partial charge in [0, 0.05) is 18.8 Å². The predicted octanol–water partition coefficient (Wildman–Crippen LogP) is 3.24. The van der Waals surface area contributed by atoms with Gasteiger partial charge in [0.1, 0.15) is 16.6 Å². The number of nitrogens with one attached hydrogen (secondary N) is 2. The number of carbonyl (C=O) groups is 2. The summed E-state index contributed by atoms with van der Waals surface area (Å²) in [6.07, 6.45) is -2.16. The Hall–Kier alpha value is -2.49. The van der Waals surface area contributed by atoms with Crippen LogP contribution >= 0.6 is 22.9 Å². The first kappa shape index (κ1) is 27.5. The fourth-order valence-electron chi connectivity index (χ4n) is 3.88. The van der Waals surface area contributed by atoms with Gasteiger partial charge in [0.2, 0.25) is 15.9 Å². The van der Waals surface area contributed by atoms with Crippen LogP contribution in [0, 0.1) is 0 Å². The molecular weight excluding hydrogens is 557 g/mol. The second kappa shape index (κ2) is 9.67. The molecule has 1 saturated carbocycles. The lowest BCUT2D eigenvalue weighted by Crippen LogP contribution is -2.46. The molecule has 37 heavy (non-hydrogen) atoms. The molecule has 0 unspecified atom stereocenters. The highest BCUT2D eigenvalue weighted by Crippen LogP contribution is 2.42. The molecular formula is C21H24ClF3N6O4S2. The van der Waals surface area contributed by atoms with E-state index in [-0.39, 0.29) is 28.9 Å². The zero-order chi connectivity index (χ0) is 27.3. The number of likely N-dealkylation sites (tertiary alicyclic amines) is 1. The maximum absolute atomic E-state index is 13.5. The van der Waals surface area contributed by atoms with Crippen LogP contribution < -0.4 is 15.8 Å². The van der Waals surface area contributed by atoms with Crippen molar-refractivity contribution < 1.29 is 31.2 Å². The molecule has 0 spiro atoms. The van der Waals surface area contributed by atoms with Gasteiger partial charge in [0.15, 0.2) is 5.13 Å². The summed E-state index contributed by atoms with van der Waals surface area (Å²) in [7, 11) is -3.55. The van der Waals surface area contributed by atoms with Gasteiger partial charge in [-0.25, -0.2) is 22.9 Å². The average molecular weight is 581 g/mol. The number of carbonyl (C=O) groups excluding carboxylic acids is 2. The van der Waals surface area contributed by atoms with Crippen LogP contribution in [-0.2, 0) is 20.2 Å². The van der Waals surface area contributed by atoms with Crippen molar-refractivity contribution in [3.63, 3.8) is 0 Å². The number of rotatable bonds is 7. The SMILES string of the molecule is CC(C)(c1cc(-c2sc(NC(=O)N3C[C@H](NS(=O)(=O)C4CC4)C[C@H]3C(N)=O)nc2Cl)ccn1)C(F)(F)F. The lowest BCUT2D eigenvalue weighted by Gasteiger charge is -2.27. The lowest BCUT2D eigenvalue weighted by molar-refractivity contribution is -0.181. The summed E-state index contributed by atoms with van der Waals surface area (Å²) >= 11 is 7.15. The molecule has 0 bridgehead atoms. The zero-order valence-corrected chi connectivity index (χ0v) is 22.1. The fourth-order valence-corrected chi connectivity index (χ4v) is 6.66. The summed E-state index contributed by atoms with van der Waals surface area (Å²) in [6.45, 7) is 1.95. The standard InChI is InChI=1S/C21H24ClF3N6O4S2/c1-20(2,21(23,24)25)14-7-10(5-6-27-14)15-16(22)28-18(36-15)29-19(33)31-9-11(8-13(31)17(26)32)30-37(34,35)12-3-4-12/h5-7,11-13,30H,3-4,8-9H2,1-2H3,(H2,26,32)(H,28,29,33)/t11-,13+/m1/s1. The van der Waals surface area contributed by atoms with E-state index >= 15 is 0 Å². The smallest absolute Gasteiger partial charge is 0.368 e. The monoisotopic (exact) mass is 580 g/mol. The van der Waals surface area contributed by atoms with Crippen molar-refractivity contribution in [2.24, 2.45) is 5.73 Å². The Bertz CT molecular complexity index is 1330. The van der Waals surface area contributed by atoms with Gasteiger partial charge >= 0.3 is 12.2 Å². The van der Waals surface area contributed by atoms with Crippen molar-refractivity contribution in [3.8, 4) is 10.4 Å². The number of sulfonamides is 1. The van der Waals surface area contributed by atoms with Crippen LogP contribution in [0.4, 0.5) is 23.1 Å². The van der Waals surface area contributed by atoms with E-state index in [0.717, 1.165) is 30.1 Å². The number of urea groups is 1. The highest BCUT2D eigenvalue weighted by atomic mass is 35.5. The molecule has 2 aromatic rings. The molecule has 4 rings (SSSR count). The number of halogens is 4. The number of amides is 3. The number of pyridine rings is 1. The molecule has 10 nitrogen and oxygen atoms in total. The highest BCUT2D eigenvalue weighted by Gasteiger charge is 2.49. The Kier molecular flexibility index (Phi) is 7.20. The maximum atomic E-state index is 13.5. The first-order valence-corrected chi connectivity index (χ1v) is 13.9. The first-order chi connectivity index (χ1) is 17.1. The van der Waals surface area contributed by atoms with Crippen molar-refractivity contribution in [1.29, 1.82) is 0 Å². The molecule has 1 aliphatic carbocycles. The number of anilines is 1. The zero-order valence-electron chi connectivity index (χ0n) is 19.7. The Morgan fingerprint density at radius 1 is 1.27 bits per heavy atom. The molecule has 2 fully saturated rings. The van der Waals surface area contributed by atoms with E-state index < -0.39 is 50.9 Å². The summed E-state index contributed by atoms with van der Waals surface area (Å²) in [5, 5.41) is 2.03. The molecule has 2 atom stereocenters. The van der Waals surface area contributed by atoms with Crippen LogP contribution in [0.5, 0.6) is 0 Å². The van der Waals surface area contributed by atoms with Crippen LogP contribution in [0.15, 0.2) is 18.3 Å². The van der Waals surface area contributed by atoms with E-state index in [4.69, 9.17) is 17.3 Å². The Morgan fingerprint density at radius 2 is 1.95 bits per heavy atom. The van der Waals surface area contributed by atoms with Gasteiger partial charge in [0.25, 0.3) is 0 Å². The number of alkyl halides is 3. The predicted molar refractivity (Wildman–Crippen MR) is 132 cm³/mol. The third kappa shape index (κ3) is 5.68. The molecule has 16 heteroatoms. The number of nitrogens with two attached hydrogens (primary N) is 1. The molecule has 4 N–H and O–H groups in total. The van der Waals surface area contributed by atoms with Crippen LogP contribution in [0.1, 0.15) is 38.8 Å². The quantitative estimate of drug-likeness (QED) is 0.458. The fraction of sp³-hybridized carbons (Fsp3) is 0.524. The minimum Gasteiger partial charge on any atom is -0.368 e. The van der Waals surface area contributed by atoms with Gasteiger partial charge in [-0.05, 0) is 50.8 Å². The third-order valence-corrected chi connectivity index (χ3v) is 9.77. The van der Waals surface area contributed by atoms with Gasteiger partial charge in [-0.15, -0.1) is 0 Å². The number of nitrogens with zero attached hydrogens (tertiary/aromatic N) is 3. The maximum Gasteiger partial charge on any atom is 0.399 e. The van der Waals surface area contributed by atoms with Crippen LogP contribution in [0.2, 0.25) is 5.15 Å². The molecule has 0 aromatic carbocycles. The van der Waals surface area contributed by atoms with Crippen molar-refractivity contribution in [2.75, 3.05) is 11.9 Å². The van der Waals surface area contributed by atoms with Gasteiger partial charge in [-0.2, -0.15) is 13.2 Å². The van der Waals surface area contributed by atoms with E-state index in [1.54, 1.807) is 0 Å². The second-order valence-corrected chi connectivity index (χ2v) is 12.8. The molecule has 0 radical (unpaired) electrons. The van der Waals surface area contributed by atoms with Crippen molar-refractivity contribution in [3.05, 3.63) is 29.2 Å². The molecule has 2 aliphatic rings. The van der Waals surface area contributed by atoms with Crippen LogP contribution in [-0.4, -0.2) is 65.3 Å². The van der Waals surface area contributed by atoms with Gasteiger partial charge < -0.3 is 10.6 Å². The van der Waals surface area contributed by atoms with Gasteiger partial charge in [-0.3, -0.25) is 15.1 Å². The number of thiazole rings is 1. The van der Waals surface area contributed by atoms with Crippen molar-refractivity contribution >= 4 is 50.0 Å².